The highest BCUT2D eigenvalue weighted by atomic mass is 32.2. The Morgan fingerprint density at radius 1 is 1.70 bits per heavy atom. The maximum atomic E-state index is 11.9. The van der Waals surface area contributed by atoms with Gasteiger partial charge in [-0.2, -0.15) is 11.8 Å². The first-order chi connectivity index (χ1) is 9.61. The summed E-state index contributed by atoms with van der Waals surface area (Å²) in [5, 5.41) is 6.28. The number of carbonyl (C=O) groups is 1. The average molecular weight is 298 g/mol. The van der Waals surface area contributed by atoms with Crippen molar-refractivity contribution < 1.29 is 9.53 Å². The molecule has 2 amide bonds. The van der Waals surface area contributed by atoms with E-state index in [4.69, 9.17) is 4.74 Å². The molecule has 0 spiro atoms. The van der Waals surface area contributed by atoms with Crippen LogP contribution in [0.4, 0.5) is 4.79 Å². The van der Waals surface area contributed by atoms with Gasteiger partial charge in [-0.05, 0) is 12.7 Å². The number of nitrogens with zero attached hydrogens (tertiary/aromatic N) is 2. The van der Waals surface area contributed by atoms with Crippen molar-refractivity contribution in [3.8, 4) is 0 Å². The van der Waals surface area contributed by atoms with Crippen molar-refractivity contribution in [3.63, 3.8) is 0 Å². The summed E-state index contributed by atoms with van der Waals surface area (Å²) in [6.07, 6.45) is 6.30. The second-order valence-corrected chi connectivity index (χ2v) is 6.26. The van der Waals surface area contributed by atoms with Crippen molar-refractivity contribution in [2.45, 2.75) is 30.7 Å². The number of nitrogens with one attached hydrogen (secondary N) is 2. The quantitative estimate of drug-likeness (QED) is 0.860. The van der Waals surface area contributed by atoms with E-state index in [1.165, 1.54) is 0 Å². The number of amides is 2. The third-order valence-electron chi connectivity index (χ3n) is 3.47. The molecule has 20 heavy (non-hydrogen) atoms. The number of imidazole rings is 1. The van der Waals surface area contributed by atoms with Gasteiger partial charge in [0.05, 0.1) is 6.04 Å². The lowest BCUT2D eigenvalue weighted by Gasteiger charge is -2.20. The Kier molecular flexibility index (Phi) is 5.31. The highest BCUT2D eigenvalue weighted by molar-refractivity contribution is 7.99. The fourth-order valence-electron chi connectivity index (χ4n) is 2.18. The maximum Gasteiger partial charge on any atom is 0.315 e. The molecule has 1 aliphatic rings. The van der Waals surface area contributed by atoms with Gasteiger partial charge in [-0.1, -0.05) is 6.92 Å². The van der Waals surface area contributed by atoms with E-state index in [1.54, 1.807) is 18.0 Å². The highest BCUT2D eigenvalue weighted by Gasteiger charge is 2.33. The van der Waals surface area contributed by atoms with Crippen LogP contribution < -0.4 is 10.6 Å². The molecular formula is C13H22N4O2S. The Bertz CT molecular complexity index is 451. The largest absolute Gasteiger partial charge is 0.368 e. The fourth-order valence-corrected chi connectivity index (χ4v) is 2.43. The first-order valence-electron chi connectivity index (χ1n) is 6.77. The molecule has 0 saturated carbocycles. The van der Waals surface area contributed by atoms with E-state index >= 15 is 0 Å². The number of urea groups is 1. The van der Waals surface area contributed by atoms with E-state index < -0.39 is 0 Å². The second-order valence-electron chi connectivity index (χ2n) is 4.98. The zero-order chi connectivity index (χ0) is 14.5. The van der Waals surface area contributed by atoms with Crippen molar-refractivity contribution in [2.75, 3.05) is 19.4 Å². The Morgan fingerprint density at radius 2 is 2.50 bits per heavy atom. The van der Waals surface area contributed by atoms with Gasteiger partial charge in [0.15, 0.2) is 0 Å². The topological polar surface area (TPSA) is 68.2 Å². The molecule has 6 nitrogen and oxygen atoms in total. The van der Waals surface area contributed by atoms with Gasteiger partial charge < -0.3 is 19.9 Å². The van der Waals surface area contributed by atoms with E-state index in [-0.39, 0.29) is 18.2 Å². The van der Waals surface area contributed by atoms with Crippen LogP contribution in [0.3, 0.4) is 0 Å². The zero-order valence-electron chi connectivity index (χ0n) is 12.1. The van der Waals surface area contributed by atoms with Crippen LogP contribution in [-0.4, -0.2) is 46.3 Å². The van der Waals surface area contributed by atoms with E-state index in [1.807, 2.05) is 24.1 Å². The SMILES string of the molecule is CSC(C)CNC(=O)N[C@H]1CCO[C@@H]1c1nccn1C. The van der Waals surface area contributed by atoms with Crippen molar-refractivity contribution in [2.24, 2.45) is 7.05 Å². The molecule has 1 unspecified atom stereocenters. The number of ether oxygens (including phenoxy) is 1. The Labute approximate surface area is 123 Å². The van der Waals surface area contributed by atoms with Gasteiger partial charge in [0.1, 0.15) is 11.9 Å². The number of thioether (sulfide) groups is 1. The van der Waals surface area contributed by atoms with Gasteiger partial charge >= 0.3 is 6.03 Å². The third-order valence-corrected chi connectivity index (χ3v) is 4.44. The van der Waals surface area contributed by atoms with Crippen LogP contribution in [0.1, 0.15) is 25.3 Å². The van der Waals surface area contributed by atoms with Gasteiger partial charge in [-0.25, -0.2) is 9.78 Å². The lowest BCUT2D eigenvalue weighted by atomic mass is 10.1. The molecule has 1 saturated heterocycles. The lowest BCUT2D eigenvalue weighted by molar-refractivity contribution is 0.0908. The molecule has 1 aliphatic heterocycles. The van der Waals surface area contributed by atoms with Crippen LogP contribution >= 0.6 is 11.8 Å². The molecule has 0 aromatic carbocycles. The summed E-state index contributed by atoms with van der Waals surface area (Å²) in [7, 11) is 1.93. The molecule has 2 rings (SSSR count). The highest BCUT2D eigenvalue weighted by Crippen LogP contribution is 2.27. The minimum absolute atomic E-state index is 0.0271. The summed E-state index contributed by atoms with van der Waals surface area (Å²) in [6, 6.07) is -0.165. The number of hydrogen-bond acceptors (Lipinski definition) is 4. The molecule has 0 bridgehead atoms. The molecule has 1 fully saturated rings. The molecule has 0 aliphatic carbocycles. The molecular weight excluding hydrogens is 276 g/mol. The molecule has 112 valence electrons. The smallest absolute Gasteiger partial charge is 0.315 e. The van der Waals surface area contributed by atoms with Crippen LogP contribution in [0.25, 0.3) is 0 Å². The minimum atomic E-state index is -0.168. The van der Waals surface area contributed by atoms with Crippen LogP contribution in [0.2, 0.25) is 0 Å². The predicted molar refractivity (Wildman–Crippen MR) is 79.8 cm³/mol. The lowest BCUT2D eigenvalue weighted by Crippen LogP contribution is -2.45. The van der Waals surface area contributed by atoms with Gasteiger partial charge in [0.2, 0.25) is 0 Å². The normalized spacial score (nSPS) is 23.6. The fraction of sp³-hybridized carbons (Fsp3) is 0.692. The minimum Gasteiger partial charge on any atom is -0.368 e. The maximum absolute atomic E-state index is 11.9. The number of carbonyl (C=O) groups excluding carboxylic acids is 1. The first kappa shape index (κ1) is 15.2. The van der Waals surface area contributed by atoms with Crippen molar-refractivity contribution >= 4 is 17.8 Å². The molecule has 2 heterocycles. The summed E-state index contributed by atoms with van der Waals surface area (Å²) in [5.41, 5.74) is 0. The number of rotatable bonds is 5. The summed E-state index contributed by atoms with van der Waals surface area (Å²) in [6.45, 7) is 3.39. The zero-order valence-corrected chi connectivity index (χ0v) is 12.9. The molecule has 1 aromatic heterocycles. The molecule has 2 N–H and O–H groups in total. The first-order valence-corrected chi connectivity index (χ1v) is 8.06. The third kappa shape index (κ3) is 3.67. The Hall–Kier alpha value is -1.21. The molecule has 0 radical (unpaired) electrons. The van der Waals surface area contributed by atoms with Crippen molar-refractivity contribution in [1.29, 1.82) is 0 Å². The van der Waals surface area contributed by atoms with Gasteiger partial charge in [0.25, 0.3) is 0 Å². The number of aromatic nitrogens is 2. The summed E-state index contributed by atoms with van der Waals surface area (Å²) in [4.78, 5) is 16.2. The van der Waals surface area contributed by atoms with Crippen LogP contribution in [0.5, 0.6) is 0 Å². The van der Waals surface area contributed by atoms with E-state index in [9.17, 15) is 4.79 Å². The van der Waals surface area contributed by atoms with E-state index in [0.29, 0.717) is 18.4 Å². The van der Waals surface area contributed by atoms with Crippen LogP contribution in [0.15, 0.2) is 12.4 Å². The van der Waals surface area contributed by atoms with Gasteiger partial charge in [0, 0.05) is 37.8 Å². The van der Waals surface area contributed by atoms with E-state index in [0.717, 1.165) is 12.2 Å². The van der Waals surface area contributed by atoms with Crippen LogP contribution in [-0.2, 0) is 11.8 Å². The summed E-state index contributed by atoms with van der Waals surface area (Å²) in [5.74, 6) is 0.852. The molecule has 3 atom stereocenters. The van der Waals surface area contributed by atoms with Gasteiger partial charge in [-0.3, -0.25) is 0 Å². The van der Waals surface area contributed by atoms with Crippen molar-refractivity contribution in [1.82, 2.24) is 20.2 Å². The monoisotopic (exact) mass is 298 g/mol. The standard InChI is InChI=1S/C13H22N4O2S/c1-9(20-3)8-15-13(18)16-10-4-7-19-11(10)12-14-5-6-17(12)2/h5-6,9-11H,4,7-8H2,1-3H3,(H2,15,16,18)/t9?,10-,11-/m0/s1. The molecule has 7 heteroatoms. The Balaban J connectivity index is 1.88. The predicted octanol–water partition coefficient (Wildman–Crippen LogP) is 1.30. The van der Waals surface area contributed by atoms with Gasteiger partial charge in [-0.15, -0.1) is 0 Å². The van der Waals surface area contributed by atoms with Crippen LogP contribution in [0, 0.1) is 0 Å². The number of aryl methyl sites for hydroxylation is 1. The summed E-state index contributed by atoms with van der Waals surface area (Å²) >= 11 is 1.73. The second kappa shape index (κ2) is 6.99. The average Bonchev–Trinajstić information content (AvgIpc) is 3.04. The summed E-state index contributed by atoms with van der Waals surface area (Å²) < 4.78 is 7.64. The Morgan fingerprint density at radius 3 is 3.15 bits per heavy atom. The van der Waals surface area contributed by atoms with E-state index in [2.05, 4.69) is 22.5 Å². The number of hydrogen-bond donors (Lipinski definition) is 2. The van der Waals surface area contributed by atoms with Crippen molar-refractivity contribution in [3.05, 3.63) is 18.2 Å². The molecule has 1 aromatic rings.